The maximum atomic E-state index is 12.4. The smallest absolute Gasteiger partial charge is 0.243 e. The second kappa shape index (κ2) is 6.36. The van der Waals surface area contributed by atoms with Gasteiger partial charge in [0.1, 0.15) is 0 Å². The molecule has 0 aromatic heterocycles. The Bertz CT molecular complexity index is 529. The van der Waals surface area contributed by atoms with Gasteiger partial charge in [-0.25, -0.2) is 8.42 Å². The molecule has 0 radical (unpaired) electrons. The molecule has 0 unspecified atom stereocenters. The summed E-state index contributed by atoms with van der Waals surface area (Å²) in [6, 6.07) is 4.65. The van der Waals surface area contributed by atoms with Crippen LogP contribution in [0.2, 0.25) is 0 Å². The van der Waals surface area contributed by atoms with E-state index in [1.54, 1.807) is 18.2 Å². The van der Waals surface area contributed by atoms with Crippen LogP contribution in [0.4, 0.5) is 5.69 Å². The zero-order chi connectivity index (χ0) is 13.8. The average Bonchev–Trinajstić information content (AvgIpc) is 2.32. The summed E-state index contributed by atoms with van der Waals surface area (Å²) < 4.78 is 26.8. The zero-order valence-corrected chi connectivity index (χ0v) is 12.7. The van der Waals surface area contributed by atoms with Crippen molar-refractivity contribution in [3.05, 3.63) is 35.3 Å². The molecule has 0 heterocycles. The summed E-state index contributed by atoms with van der Waals surface area (Å²) in [4.78, 5) is 0.207. The van der Waals surface area contributed by atoms with Crippen LogP contribution in [0, 0.1) is 0 Å². The van der Waals surface area contributed by atoms with Crippen LogP contribution in [-0.4, -0.2) is 25.8 Å². The van der Waals surface area contributed by atoms with Crippen molar-refractivity contribution in [2.45, 2.75) is 18.2 Å². The Morgan fingerprint density at radius 2 is 2.17 bits per heavy atom. The number of rotatable bonds is 6. The predicted molar refractivity (Wildman–Crippen MR) is 77.8 cm³/mol. The second-order valence-corrected chi connectivity index (χ2v) is 6.63. The molecule has 0 amide bonds. The molecule has 100 valence electrons. The molecule has 0 aliphatic carbocycles. The monoisotopic (exact) mass is 332 g/mol. The topological polar surface area (TPSA) is 63.4 Å². The molecule has 1 rings (SSSR count). The van der Waals surface area contributed by atoms with Crippen molar-refractivity contribution in [2.75, 3.05) is 18.8 Å². The first-order valence-electron chi connectivity index (χ1n) is 5.59. The second-order valence-electron chi connectivity index (χ2n) is 3.84. The summed E-state index contributed by atoms with van der Waals surface area (Å²) in [6.45, 7) is 6.28. The highest BCUT2D eigenvalue weighted by atomic mass is 79.9. The highest BCUT2D eigenvalue weighted by Gasteiger charge is 2.23. The lowest BCUT2D eigenvalue weighted by Crippen LogP contribution is -2.32. The molecule has 1 aromatic rings. The Morgan fingerprint density at radius 1 is 1.50 bits per heavy atom. The van der Waals surface area contributed by atoms with E-state index in [-0.39, 0.29) is 4.90 Å². The summed E-state index contributed by atoms with van der Waals surface area (Å²) in [5.41, 5.74) is 6.12. The molecular weight excluding hydrogens is 316 g/mol. The van der Waals surface area contributed by atoms with Gasteiger partial charge >= 0.3 is 0 Å². The molecule has 1 aromatic carbocycles. The van der Waals surface area contributed by atoms with Crippen LogP contribution in [-0.2, 0) is 10.0 Å². The fourth-order valence-electron chi connectivity index (χ4n) is 1.53. The molecule has 0 atom stereocenters. The Labute approximate surface area is 117 Å². The van der Waals surface area contributed by atoms with E-state index in [2.05, 4.69) is 22.5 Å². The number of sulfonamides is 1. The SMILES string of the molecule is C=CCN(CCC)S(=O)(=O)c1ccc(Br)c(N)c1. The van der Waals surface area contributed by atoms with E-state index in [0.29, 0.717) is 23.2 Å². The lowest BCUT2D eigenvalue weighted by molar-refractivity contribution is 0.441. The van der Waals surface area contributed by atoms with Gasteiger partial charge in [0.15, 0.2) is 0 Å². The van der Waals surface area contributed by atoms with E-state index in [1.807, 2.05) is 6.92 Å². The number of benzene rings is 1. The highest BCUT2D eigenvalue weighted by molar-refractivity contribution is 9.10. The van der Waals surface area contributed by atoms with Crippen LogP contribution in [0.3, 0.4) is 0 Å². The lowest BCUT2D eigenvalue weighted by atomic mass is 10.3. The van der Waals surface area contributed by atoms with Crippen molar-refractivity contribution in [3.63, 3.8) is 0 Å². The first-order chi connectivity index (χ1) is 8.43. The van der Waals surface area contributed by atoms with Crippen LogP contribution in [0.5, 0.6) is 0 Å². The number of nitrogens with zero attached hydrogens (tertiary/aromatic N) is 1. The van der Waals surface area contributed by atoms with Crippen molar-refractivity contribution in [3.8, 4) is 0 Å². The van der Waals surface area contributed by atoms with Gasteiger partial charge in [-0.15, -0.1) is 6.58 Å². The van der Waals surface area contributed by atoms with Gasteiger partial charge in [0.05, 0.1) is 4.90 Å². The third-order valence-corrected chi connectivity index (χ3v) is 4.99. The zero-order valence-electron chi connectivity index (χ0n) is 10.3. The third-order valence-electron chi connectivity index (χ3n) is 2.41. The number of anilines is 1. The van der Waals surface area contributed by atoms with Crippen LogP contribution >= 0.6 is 15.9 Å². The molecule has 0 saturated carbocycles. The fraction of sp³-hybridized carbons (Fsp3) is 0.333. The molecule has 6 heteroatoms. The summed E-state index contributed by atoms with van der Waals surface area (Å²) in [5, 5.41) is 0. The van der Waals surface area contributed by atoms with Crippen LogP contribution in [0.1, 0.15) is 13.3 Å². The van der Waals surface area contributed by atoms with E-state index >= 15 is 0 Å². The van der Waals surface area contributed by atoms with Crippen molar-refractivity contribution in [2.24, 2.45) is 0 Å². The molecule has 0 aliphatic rings. The molecule has 0 bridgehead atoms. The molecule has 0 aliphatic heterocycles. The van der Waals surface area contributed by atoms with Crippen LogP contribution in [0.15, 0.2) is 40.2 Å². The van der Waals surface area contributed by atoms with Gasteiger partial charge in [-0.05, 0) is 40.5 Å². The maximum absolute atomic E-state index is 12.4. The molecule has 4 nitrogen and oxygen atoms in total. The van der Waals surface area contributed by atoms with E-state index in [4.69, 9.17) is 5.73 Å². The summed E-state index contributed by atoms with van der Waals surface area (Å²) in [6.07, 6.45) is 2.33. The minimum Gasteiger partial charge on any atom is -0.398 e. The van der Waals surface area contributed by atoms with Crippen molar-refractivity contribution < 1.29 is 8.42 Å². The molecule has 0 spiro atoms. The Morgan fingerprint density at radius 3 is 2.67 bits per heavy atom. The van der Waals surface area contributed by atoms with Crippen molar-refractivity contribution in [1.29, 1.82) is 0 Å². The van der Waals surface area contributed by atoms with Gasteiger partial charge in [-0.2, -0.15) is 4.31 Å². The first kappa shape index (κ1) is 15.2. The van der Waals surface area contributed by atoms with Crippen molar-refractivity contribution >= 4 is 31.6 Å². The standard InChI is InChI=1S/C12H17BrN2O2S/c1-3-7-15(8-4-2)18(16,17)10-5-6-11(13)12(14)9-10/h3,5-6,9H,1,4,7-8,14H2,2H3. The normalized spacial score (nSPS) is 11.7. The Hall–Kier alpha value is -0.850. The fourth-order valence-corrected chi connectivity index (χ4v) is 3.32. The Balaban J connectivity index is 3.17. The van der Waals surface area contributed by atoms with Gasteiger partial charge < -0.3 is 5.73 Å². The number of hydrogen-bond acceptors (Lipinski definition) is 3. The quantitative estimate of drug-likeness (QED) is 0.643. The summed E-state index contributed by atoms with van der Waals surface area (Å²) in [7, 11) is -3.50. The minimum absolute atomic E-state index is 0.207. The average molecular weight is 333 g/mol. The highest BCUT2D eigenvalue weighted by Crippen LogP contribution is 2.24. The number of nitrogens with two attached hydrogens (primary N) is 1. The van der Waals surface area contributed by atoms with E-state index in [0.717, 1.165) is 6.42 Å². The van der Waals surface area contributed by atoms with Gasteiger partial charge in [-0.3, -0.25) is 0 Å². The summed E-state index contributed by atoms with van der Waals surface area (Å²) in [5.74, 6) is 0. The third kappa shape index (κ3) is 3.34. The van der Waals surface area contributed by atoms with Gasteiger partial charge in [0.25, 0.3) is 0 Å². The van der Waals surface area contributed by atoms with Crippen LogP contribution in [0.25, 0.3) is 0 Å². The molecule has 2 N–H and O–H groups in total. The number of hydrogen-bond donors (Lipinski definition) is 1. The number of nitrogen functional groups attached to an aromatic ring is 1. The number of halogens is 1. The van der Waals surface area contributed by atoms with Gasteiger partial charge in [-0.1, -0.05) is 13.0 Å². The molecule has 18 heavy (non-hydrogen) atoms. The van der Waals surface area contributed by atoms with Gasteiger partial charge in [0.2, 0.25) is 10.0 Å². The van der Waals surface area contributed by atoms with E-state index in [1.165, 1.54) is 10.4 Å². The van der Waals surface area contributed by atoms with Gasteiger partial charge in [0, 0.05) is 23.2 Å². The van der Waals surface area contributed by atoms with E-state index < -0.39 is 10.0 Å². The maximum Gasteiger partial charge on any atom is 0.243 e. The summed E-state index contributed by atoms with van der Waals surface area (Å²) >= 11 is 3.25. The molecule has 0 fully saturated rings. The lowest BCUT2D eigenvalue weighted by Gasteiger charge is -2.20. The predicted octanol–water partition coefficient (Wildman–Crippen LogP) is 2.62. The Kier molecular flexibility index (Phi) is 5.37. The van der Waals surface area contributed by atoms with Crippen molar-refractivity contribution in [1.82, 2.24) is 4.31 Å². The minimum atomic E-state index is -3.50. The molecule has 0 saturated heterocycles. The largest absolute Gasteiger partial charge is 0.398 e. The van der Waals surface area contributed by atoms with Crippen LogP contribution < -0.4 is 5.73 Å². The van der Waals surface area contributed by atoms with E-state index in [9.17, 15) is 8.42 Å². The first-order valence-corrected chi connectivity index (χ1v) is 7.82. The molecular formula is C12H17BrN2O2S.